The van der Waals surface area contributed by atoms with Crippen LogP contribution in [-0.2, 0) is 6.54 Å². The molecular weight excluding hydrogens is 337 g/mol. The Morgan fingerprint density at radius 3 is 2.53 bits per heavy atom. The van der Waals surface area contributed by atoms with E-state index in [9.17, 15) is 8.78 Å². The van der Waals surface area contributed by atoms with Gasteiger partial charge < -0.3 is 0 Å². The summed E-state index contributed by atoms with van der Waals surface area (Å²) in [5.74, 6) is -1.10. The Morgan fingerprint density at radius 2 is 2.00 bits per heavy atom. The molecular formula is C12H11F2IN2. The molecule has 17 heavy (non-hydrogen) atoms. The monoisotopic (exact) mass is 348 g/mol. The van der Waals surface area contributed by atoms with Crippen molar-refractivity contribution in [3.8, 4) is 0 Å². The predicted molar refractivity (Wildman–Crippen MR) is 69.9 cm³/mol. The minimum Gasteiger partial charge on any atom is -0.264 e. The SMILES string of the molecule is Cc1nn(Cc2ccc(F)cc2F)c(C)c1I. The van der Waals surface area contributed by atoms with E-state index in [2.05, 4.69) is 27.7 Å². The third-order valence-electron chi connectivity index (χ3n) is 2.63. The summed E-state index contributed by atoms with van der Waals surface area (Å²) in [6, 6.07) is 3.61. The van der Waals surface area contributed by atoms with Crippen LogP contribution in [0.2, 0.25) is 0 Å². The van der Waals surface area contributed by atoms with E-state index in [1.807, 2.05) is 13.8 Å². The molecule has 5 heteroatoms. The van der Waals surface area contributed by atoms with Gasteiger partial charge in [-0.1, -0.05) is 6.07 Å². The number of nitrogens with zero attached hydrogens (tertiary/aromatic N) is 2. The van der Waals surface area contributed by atoms with Crippen LogP contribution in [0.4, 0.5) is 8.78 Å². The second-order valence-electron chi connectivity index (χ2n) is 3.88. The maximum atomic E-state index is 13.5. The van der Waals surface area contributed by atoms with Gasteiger partial charge >= 0.3 is 0 Å². The van der Waals surface area contributed by atoms with Gasteiger partial charge in [0.2, 0.25) is 0 Å². The molecule has 0 unspecified atom stereocenters. The molecule has 0 aliphatic heterocycles. The molecule has 90 valence electrons. The second-order valence-corrected chi connectivity index (χ2v) is 4.96. The van der Waals surface area contributed by atoms with E-state index in [1.165, 1.54) is 12.1 Å². The molecule has 2 nitrogen and oxygen atoms in total. The summed E-state index contributed by atoms with van der Waals surface area (Å²) in [6.45, 7) is 4.16. The first kappa shape index (κ1) is 12.5. The highest BCUT2D eigenvalue weighted by molar-refractivity contribution is 14.1. The molecule has 0 atom stereocenters. The van der Waals surface area contributed by atoms with E-state index in [-0.39, 0.29) is 0 Å². The highest BCUT2D eigenvalue weighted by Crippen LogP contribution is 2.18. The van der Waals surface area contributed by atoms with Crippen molar-refractivity contribution < 1.29 is 8.78 Å². The highest BCUT2D eigenvalue weighted by atomic mass is 127. The Labute approximate surface area is 112 Å². The van der Waals surface area contributed by atoms with Crippen molar-refractivity contribution in [1.29, 1.82) is 0 Å². The van der Waals surface area contributed by atoms with E-state index >= 15 is 0 Å². The van der Waals surface area contributed by atoms with Crippen LogP contribution < -0.4 is 0 Å². The number of halogens is 3. The molecule has 0 radical (unpaired) electrons. The maximum Gasteiger partial charge on any atom is 0.131 e. The molecule has 0 saturated heterocycles. The Hall–Kier alpha value is -0.980. The van der Waals surface area contributed by atoms with Crippen molar-refractivity contribution >= 4 is 22.6 Å². The van der Waals surface area contributed by atoms with E-state index in [1.54, 1.807) is 4.68 Å². The fraction of sp³-hybridized carbons (Fsp3) is 0.250. The molecule has 0 saturated carbocycles. The van der Waals surface area contributed by atoms with Crippen LogP contribution in [0.5, 0.6) is 0 Å². The number of hydrogen-bond donors (Lipinski definition) is 0. The average molecular weight is 348 g/mol. The van der Waals surface area contributed by atoms with Crippen molar-refractivity contribution in [2.24, 2.45) is 0 Å². The molecule has 2 rings (SSSR count). The normalized spacial score (nSPS) is 10.9. The molecule has 0 aliphatic carbocycles. The summed E-state index contributed by atoms with van der Waals surface area (Å²) in [7, 11) is 0. The van der Waals surface area contributed by atoms with Crippen LogP contribution in [0, 0.1) is 29.1 Å². The second kappa shape index (κ2) is 4.72. The van der Waals surface area contributed by atoms with Gasteiger partial charge in [0.05, 0.1) is 15.8 Å². The standard InChI is InChI=1S/C12H11F2IN2/c1-7-12(15)8(2)17(16-7)6-9-3-4-10(13)5-11(9)14/h3-5H,6H2,1-2H3. The minimum absolute atomic E-state index is 0.321. The molecule has 0 fully saturated rings. The topological polar surface area (TPSA) is 17.8 Å². The van der Waals surface area contributed by atoms with Crippen molar-refractivity contribution in [2.75, 3.05) is 0 Å². The first-order valence-corrected chi connectivity index (χ1v) is 6.20. The minimum atomic E-state index is -0.561. The number of aromatic nitrogens is 2. The van der Waals surface area contributed by atoms with E-state index < -0.39 is 11.6 Å². The van der Waals surface area contributed by atoms with Gasteiger partial charge in [-0.15, -0.1) is 0 Å². The third kappa shape index (κ3) is 2.48. The Kier molecular flexibility index (Phi) is 3.46. The number of hydrogen-bond acceptors (Lipinski definition) is 1. The fourth-order valence-electron chi connectivity index (χ4n) is 1.64. The lowest BCUT2D eigenvalue weighted by atomic mass is 10.2. The largest absolute Gasteiger partial charge is 0.264 e. The number of aryl methyl sites for hydroxylation is 1. The molecule has 1 aromatic heterocycles. The van der Waals surface area contributed by atoms with Crippen LogP contribution in [0.15, 0.2) is 18.2 Å². The first-order valence-electron chi connectivity index (χ1n) is 5.12. The molecule has 0 aliphatic rings. The molecule has 0 N–H and O–H groups in total. The fourth-order valence-corrected chi connectivity index (χ4v) is 2.03. The zero-order valence-electron chi connectivity index (χ0n) is 9.47. The van der Waals surface area contributed by atoms with Gasteiger partial charge in [0, 0.05) is 17.3 Å². The van der Waals surface area contributed by atoms with E-state index in [0.717, 1.165) is 21.0 Å². The van der Waals surface area contributed by atoms with Gasteiger partial charge in [0.15, 0.2) is 0 Å². The zero-order valence-corrected chi connectivity index (χ0v) is 11.6. The van der Waals surface area contributed by atoms with Gasteiger partial charge in [-0.3, -0.25) is 4.68 Å². The molecule has 1 aromatic carbocycles. The summed E-state index contributed by atoms with van der Waals surface area (Å²) in [5, 5.41) is 4.32. The quantitative estimate of drug-likeness (QED) is 0.761. The van der Waals surface area contributed by atoms with Crippen LogP contribution in [-0.4, -0.2) is 9.78 Å². The Balaban J connectivity index is 2.34. The van der Waals surface area contributed by atoms with Gasteiger partial charge in [-0.05, 0) is 42.5 Å². The maximum absolute atomic E-state index is 13.5. The Bertz CT molecular complexity index is 564. The van der Waals surface area contributed by atoms with E-state index in [0.29, 0.717) is 12.1 Å². The third-order valence-corrected chi connectivity index (χ3v) is 4.19. The lowest BCUT2D eigenvalue weighted by Gasteiger charge is -2.06. The van der Waals surface area contributed by atoms with Crippen LogP contribution >= 0.6 is 22.6 Å². The summed E-state index contributed by atoms with van der Waals surface area (Å²) in [5.41, 5.74) is 2.35. The van der Waals surface area contributed by atoms with Gasteiger partial charge in [-0.2, -0.15) is 5.10 Å². The summed E-state index contributed by atoms with van der Waals surface area (Å²) >= 11 is 2.21. The number of rotatable bonds is 2. The molecule has 0 bridgehead atoms. The lowest BCUT2D eigenvalue weighted by Crippen LogP contribution is -2.06. The molecule has 0 spiro atoms. The van der Waals surface area contributed by atoms with Crippen molar-refractivity contribution in [3.63, 3.8) is 0 Å². The zero-order chi connectivity index (χ0) is 12.6. The van der Waals surface area contributed by atoms with Crippen molar-refractivity contribution in [3.05, 3.63) is 50.4 Å². The molecule has 2 aromatic rings. The smallest absolute Gasteiger partial charge is 0.131 e. The van der Waals surface area contributed by atoms with Gasteiger partial charge in [-0.25, -0.2) is 8.78 Å². The summed E-state index contributed by atoms with van der Waals surface area (Å²) in [4.78, 5) is 0. The number of benzene rings is 1. The predicted octanol–water partition coefficient (Wildman–Crippen LogP) is 3.43. The average Bonchev–Trinajstić information content (AvgIpc) is 2.50. The van der Waals surface area contributed by atoms with Crippen molar-refractivity contribution in [2.45, 2.75) is 20.4 Å². The van der Waals surface area contributed by atoms with Gasteiger partial charge in [0.1, 0.15) is 11.6 Å². The van der Waals surface area contributed by atoms with Crippen LogP contribution in [0.25, 0.3) is 0 Å². The van der Waals surface area contributed by atoms with Crippen molar-refractivity contribution in [1.82, 2.24) is 9.78 Å². The van der Waals surface area contributed by atoms with Crippen LogP contribution in [0.3, 0.4) is 0 Å². The van der Waals surface area contributed by atoms with Crippen LogP contribution in [0.1, 0.15) is 17.0 Å². The van der Waals surface area contributed by atoms with E-state index in [4.69, 9.17) is 0 Å². The summed E-state index contributed by atoms with van der Waals surface area (Å²) < 4.78 is 29.1. The van der Waals surface area contributed by atoms with Gasteiger partial charge in [0.25, 0.3) is 0 Å². The Morgan fingerprint density at radius 1 is 1.29 bits per heavy atom. The molecule has 1 heterocycles. The molecule has 0 amide bonds. The lowest BCUT2D eigenvalue weighted by molar-refractivity contribution is 0.555. The first-order chi connectivity index (χ1) is 7.99. The highest BCUT2D eigenvalue weighted by Gasteiger charge is 2.11. The summed E-state index contributed by atoms with van der Waals surface area (Å²) in [6.07, 6.45) is 0.